The molecule has 24 heteroatoms. The molecule has 107 heavy (non-hydrogen) atoms. The number of ketones is 2. The van der Waals surface area contributed by atoms with E-state index in [2.05, 4.69) is 20.9 Å². The number of fused-ring (bicyclic) bond motifs is 9. The predicted octanol–water partition coefficient (Wildman–Crippen LogP) is 11.6. The Bertz CT molecular complexity index is 4600. The molecule has 2 fully saturated rings. The number of aliphatic hydroxyl groups is 1. The molecular weight excluding hydrogens is 1360 g/mol. The molecule has 5 heterocycles. The van der Waals surface area contributed by atoms with E-state index in [1.807, 2.05) is 108 Å². The van der Waals surface area contributed by atoms with Crippen LogP contribution < -0.4 is 39.2 Å². The summed E-state index contributed by atoms with van der Waals surface area (Å²) in [7, 11) is 4.62. The summed E-state index contributed by atoms with van der Waals surface area (Å²) in [6, 6.07) is 35.2. The van der Waals surface area contributed by atoms with E-state index in [0.29, 0.717) is 60.4 Å². The van der Waals surface area contributed by atoms with Crippen molar-refractivity contribution in [1.29, 1.82) is 0 Å². The number of amides is 5. The van der Waals surface area contributed by atoms with Crippen LogP contribution in [0, 0.1) is 23.2 Å². The number of nitrogens with one attached hydrogen (secondary N) is 2. The molecule has 4 aliphatic heterocycles. The molecule has 6 aromatic carbocycles. The van der Waals surface area contributed by atoms with E-state index in [1.165, 1.54) is 26.4 Å². The van der Waals surface area contributed by atoms with Crippen molar-refractivity contribution < 1.29 is 76.6 Å². The maximum atomic E-state index is 14.6. The summed E-state index contributed by atoms with van der Waals surface area (Å²) in [4.78, 5) is 116. The molecule has 1 saturated carbocycles. The Kier molecular flexibility index (Phi) is 22.0. The Morgan fingerprint density at radius 3 is 2.07 bits per heavy atom. The topological polar surface area (TPSA) is 286 Å². The van der Waals surface area contributed by atoms with Crippen molar-refractivity contribution in [2.45, 2.75) is 155 Å². The summed E-state index contributed by atoms with van der Waals surface area (Å²) < 4.78 is 43.5. The lowest BCUT2D eigenvalue weighted by atomic mass is 9.87. The molecule has 1 saturated heterocycles. The highest BCUT2D eigenvalue weighted by Crippen LogP contribution is 2.57. The number of benzene rings is 6. The van der Waals surface area contributed by atoms with Gasteiger partial charge in [-0.05, 0) is 134 Å². The van der Waals surface area contributed by atoms with Gasteiger partial charge in [0, 0.05) is 90.7 Å². The monoisotopic (exact) mass is 1460 g/mol. The lowest BCUT2D eigenvalue weighted by Gasteiger charge is -2.31. The molecule has 560 valence electrons. The van der Waals surface area contributed by atoms with E-state index in [1.54, 1.807) is 70.0 Å². The van der Waals surface area contributed by atoms with E-state index in [4.69, 9.17) is 33.2 Å². The van der Waals surface area contributed by atoms with E-state index in [9.17, 15) is 43.5 Å². The third-order valence-electron chi connectivity index (χ3n) is 21.6. The zero-order valence-corrected chi connectivity index (χ0v) is 61.9. The van der Waals surface area contributed by atoms with Crippen LogP contribution in [0.3, 0.4) is 0 Å². The van der Waals surface area contributed by atoms with Crippen molar-refractivity contribution in [3.63, 3.8) is 0 Å². The second kappa shape index (κ2) is 31.7. The minimum Gasteiger partial charge on any atom is -0.497 e. The number of carbonyl (C=O) groups is 8. The van der Waals surface area contributed by atoms with Crippen LogP contribution in [-0.4, -0.2) is 149 Å². The first kappa shape index (κ1) is 74.4. The number of methoxy groups -OCH3 is 3. The Hall–Kier alpha value is -10.9. The van der Waals surface area contributed by atoms with Gasteiger partial charge in [-0.2, -0.15) is 0 Å². The standard InChI is InChI=1S/C83H92N8O16/c1-47(2)63(38-58(92)43-84-77(95)49(5)33-74(94)107-69-36-54-15-10-11-16-60(54)75-76(91(48(3)4)87-86-75)62-18-13-12-17-61(62)69)78(96)85-50(6)68(93)34-51-19-21-52(22-20-51)45-106-82(100)90-66-41-73(71(103-9)40-65(66)80(98)89-46-83(29-30-83)42-67(89)81(90)99)105-32-14-31-104-72-37-55-23-26-57-35-56(53-24-27-59(101-7)28-25-53)44-88(57)79(97)64(55)39-70(72)102-8/h10-13,15-22,24-25,27-28,37,39-41,44,47-50,57,63,67,69,81,99H,14,23,26,29-36,38,42-43,45-46H2,1-9H3,(H,84,95)(H,85,96)/t49?,50-,57+,63-,67-,69?,81?/m0/s1. The van der Waals surface area contributed by atoms with Gasteiger partial charge in [-0.3, -0.25) is 33.6 Å². The fraction of sp³-hybridized carbons (Fsp3) is 0.422. The molecule has 6 aliphatic rings. The minimum absolute atomic E-state index is 0.00372. The number of carbonyl (C=O) groups excluding carboxylic acids is 8. The van der Waals surface area contributed by atoms with E-state index < -0.39 is 65.9 Å². The number of hydrogen-bond donors (Lipinski definition) is 3. The number of aromatic nitrogens is 3. The van der Waals surface area contributed by atoms with Gasteiger partial charge in [0.15, 0.2) is 40.8 Å². The fourth-order valence-electron chi connectivity index (χ4n) is 15.3. The number of nitrogens with zero attached hydrogens (tertiary/aromatic N) is 6. The van der Waals surface area contributed by atoms with Crippen molar-refractivity contribution in [2.75, 3.05) is 52.5 Å². The van der Waals surface area contributed by atoms with Crippen molar-refractivity contribution in [3.05, 3.63) is 172 Å². The molecule has 0 bridgehead atoms. The number of aliphatic hydroxyl groups excluding tert-OH is 1. The second-order valence-corrected chi connectivity index (χ2v) is 29.6. The fourth-order valence-corrected chi connectivity index (χ4v) is 15.3. The van der Waals surface area contributed by atoms with Gasteiger partial charge in [-0.1, -0.05) is 111 Å². The van der Waals surface area contributed by atoms with Crippen molar-refractivity contribution >= 4 is 58.5 Å². The predicted molar refractivity (Wildman–Crippen MR) is 397 cm³/mol. The zero-order chi connectivity index (χ0) is 75.5. The molecular formula is C83H92N8O16. The number of rotatable bonds is 27. The number of Topliss-reactive ketones (excluding diaryl/α,β-unsaturated/α-hetero) is 2. The highest BCUT2D eigenvalue weighted by Gasteiger charge is 2.58. The number of esters is 1. The zero-order valence-electron chi connectivity index (χ0n) is 61.9. The molecule has 0 radical (unpaired) electrons. The Balaban J connectivity index is 0.586. The van der Waals surface area contributed by atoms with Gasteiger partial charge < -0.3 is 58.7 Å². The van der Waals surface area contributed by atoms with Crippen molar-refractivity contribution in [1.82, 2.24) is 35.4 Å². The van der Waals surface area contributed by atoms with E-state index >= 15 is 0 Å². The number of hydrogen-bond acceptors (Lipinski definition) is 18. The van der Waals surface area contributed by atoms with Gasteiger partial charge in [0.2, 0.25) is 11.8 Å². The lowest BCUT2D eigenvalue weighted by Crippen LogP contribution is -2.50. The molecule has 2 aliphatic carbocycles. The van der Waals surface area contributed by atoms with Crippen molar-refractivity contribution in [2.24, 2.45) is 23.2 Å². The quantitative estimate of drug-likeness (QED) is 0.0318. The molecule has 1 aromatic heterocycles. The first-order valence-electron chi connectivity index (χ1n) is 36.9. The Morgan fingerprint density at radius 2 is 1.38 bits per heavy atom. The maximum absolute atomic E-state index is 14.6. The van der Waals surface area contributed by atoms with Gasteiger partial charge in [0.25, 0.3) is 11.8 Å². The summed E-state index contributed by atoms with van der Waals surface area (Å²) >= 11 is 0. The Labute approximate surface area is 622 Å². The van der Waals surface area contributed by atoms with Gasteiger partial charge in [-0.25, -0.2) is 14.4 Å². The van der Waals surface area contributed by atoms with Gasteiger partial charge >= 0.3 is 12.1 Å². The van der Waals surface area contributed by atoms with Crippen LogP contribution in [0.25, 0.3) is 28.1 Å². The van der Waals surface area contributed by atoms with E-state index in [-0.39, 0.29) is 109 Å². The maximum Gasteiger partial charge on any atom is 0.416 e. The lowest BCUT2D eigenvalue weighted by molar-refractivity contribution is -0.152. The molecule has 3 N–H and O–H groups in total. The third kappa shape index (κ3) is 15.9. The molecule has 24 nitrogen and oxygen atoms in total. The largest absolute Gasteiger partial charge is 0.497 e. The highest BCUT2D eigenvalue weighted by molar-refractivity contribution is 6.06. The van der Waals surface area contributed by atoms with Crippen LogP contribution in [0.5, 0.6) is 28.7 Å². The first-order chi connectivity index (χ1) is 51.5. The van der Waals surface area contributed by atoms with Crippen molar-refractivity contribution in [3.8, 4) is 51.3 Å². The summed E-state index contributed by atoms with van der Waals surface area (Å²) in [6.45, 7) is 11.0. The smallest absolute Gasteiger partial charge is 0.416 e. The van der Waals surface area contributed by atoms with Crippen LogP contribution in [-0.2, 0) is 59.3 Å². The van der Waals surface area contributed by atoms with Gasteiger partial charge in [0.1, 0.15) is 24.2 Å². The molecule has 7 aromatic rings. The van der Waals surface area contributed by atoms with Crippen LogP contribution in [0.15, 0.2) is 128 Å². The summed E-state index contributed by atoms with van der Waals surface area (Å²) in [6.07, 6.45) is 3.56. The normalized spacial score (nSPS) is 18.8. The van der Waals surface area contributed by atoms with Crippen LogP contribution >= 0.6 is 0 Å². The highest BCUT2D eigenvalue weighted by atomic mass is 16.6. The van der Waals surface area contributed by atoms with E-state index in [0.717, 1.165) is 86.7 Å². The van der Waals surface area contributed by atoms with Gasteiger partial charge in [-0.15, -0.1) is 5.10 Å². The molecule has 13 rings (SSSR count). The molecule has 1 spiro atoms. The molecule has 3 unspecified atom stereocenters. The van der Waals surface area contributed by atoms with Gasteiger partial charge in [0.05, 0.1) is 76.5 Å². The van der Waals surface area contributed by atoms with Crippen LogP contribution in [0.1, 0.15) is 159 Å². The number of aryl methyl sites for hydroxylation is 1. The summed E-state index contributed by atoms with van der Waals surface area (Å²) in [5, 5.41) is 26.8. The second-order valence-electron chi connectivity index (χ2n) is 29.6. The number of anilines is 1. The summed E-state index contributed by atoms with van der Waals surface area (Å²) in [5.74, 6) is -2.64. The average molecular weight is 1460 g/mol. The minimum atomic E-state index is -1.48. The third-order valence-corrected chi connectivity index (χ3v) is 21.6. The molecule has 5 amide bonds. The van der Waals surface area contributed by atoms with Crippen LogP contribution in [0.4, 0.5) is 10.5 Å². The van der Waals surface area contributed by atoms with Crippen LogP contribution in [0.2, 0.25) is 0 Å². The summed E-state index contributed by atoms with van der Waals surface area (Å²) in [5.41, 5.74) is 9.83. The Morgan fingerprint density at radius 1 is 0.701 bits per heavy atom. The number of ether oxygens (including phenoxy) is 7. The first-order valence-corrected chi connectivity index (χ1v) is 36.9. The average Bonchev–Trinajstić information content (AvgIpc) is 1.60. The SMILES string of the molecule is COc1ccc(C2=CN3C(=O)c4cc(OC)c(OCCCOc5cc6c(cc5OC)C(=O)N5CC7(CC7)C[C@H]5C(O)N6C(=O)OCc5ccc(CC(=O)[C@H](C)NC(=O)[C@@H](CC(=O)CNC(=O)C(C)CC(=O)OC6Cc7ccccc7-c7nnn(C(C)C)c7-c7ccccc76)C(C)C)cc5)cc4CC[C@@H]3C2)cc1. The molecule has 7 atom stereocenters.